The summed E-state index contributed by atoms with van der Waals surface area (Å²) in [6.45, 7) is 7.02. The molecule has 1 atom stereocenters. The Morgan fingerprint density at radius 2 is 2.00 bits per heavy atom. The molecule has 2 heteroatoms. The van der Waals surface area contributed by atoms with Crippen molar-refractivity contribution in [2.45, 2.75) is 52.5 Å². The summed E-state index contributed by atoms with van der Waals surface area (Å²) in [6.07, 6.45) is 5.48. The van der Waals surface area contributed by atoms with E-state index < -0.39 is 0 Å². The van der Waals surface area contributed by atoms with Crippen LogP contribution >= 0.6 is 11.3 Å². The third-order valence-electron chi connectivity index (χ3n) is 4.28. The lowest BCUT2D eigenvalue weighted by Gasteiger charge is -2.37. The molecule has 0 aromatic carbocycles. The van der Waals surface area contributed by atoms with E-state index in [-0.39, 0.29) is 0 Å². The van der Waals surface area contributed by atoms with Crippen molar-refractivity contribution < 1.29 is 0 Å². The fraction of sp³-hybridized carbons (Fsp3) is 0.733. The van der Waals surface area contributed by atoms with Crippen molar-refractivity contribution in [3.8, 4) is 0 Å². The highest BCUT2D eigenvalue weighted by Crippen LogP contribution is 2.43. The summed E-state index contributed by atoms with van der Waals surface area (Å²) in [5.41, 5.74) is 2.07. The van der Waals surface area contributed by atoms with Crippen LogP contribution in [0.25, 0.3) is 0 Å². The van der Waals surface area contributed by atoms with Crippen LogP contribution in [0.5, 0.6) is 0 Å². The lowest BCUT2D eigenvalue weighted by Crippen LogP contribution is -2.30. The van der Waals surface area contributed by atoms with Gasteiger partial charge in [0.2, 0.25) is 0 Å². The fourth-order valence-corrected chi connectivity index (χ4v) is 3.80. The number of nitrogens with one attached hydrogen (secondary N) is 1. The third kappa shape index (κ3) is 3.11. The Morgan fingerprint density at radius 3 is 2.47 bits per heavy atom. The summed E-state index contributed by atoms with van der Waals surface area (Å²) in [7, 11) is 2.11. The van der Waals surface area contributed by atoms with Crippen molar-refractivity contribution >= 4 is 11.3 Å². The molecule has 1 nitrogen and oxygen atoms in total. The van der Waals surface area contributed by atoms with Crippen LogP contribution in [0.2, 0.25) is 0 Å². The molecule has 1 heterocycles. The van der Waals surface area contributed by atoms with Crippen molar-refractivity contribution in [2.24, 2.45) is 11.3 Å². The van der Waals surface area contributed by atoms with Gasteiger partial charge in [0.25, 0.3) is 0 Å². The molecular weight excluding hydrogens is 226 g/mol. The van der Waals surface area contributed by atoms with Crippen molar-refractivity contribution in [2.75, 3.05) is 7.05 Å². The zero-order valence-corrected chi connectivity index (χ0v) is 12.4. The second-order valence-corrected chi connectivity index (χ2v) is 7.37. The molecule has 0 bridgehead atoms. The lowest BCUT2D eigenvalue weighted by molar-refractivity contribution is 0.164. The van der Waals surface area contributed by atoms with E-state index in [0.29, 0.717) is 11.5 Å². The molecule has 1 aromatic heterocycles. The summed E-state index contributed by atoms with van der Waals surface area (Å²) >= 11 is 1.87. The Hall–Kier alpha value is -0.340. The Kier molecular flexibility index (Phi) is 3.94. The number of rotatable bonds is 3. The highest BCUT2D eigenvalue weighted by molar-refractivity contribution is 7.10. The average Bonchev–Trinajstić information content (AvgIpc) is 2.68. The molecule has 17 heavy (non-hydrogen) atoms. The van der Waals surface area contributed by atoms with E-state index in [9.17, 15) is 0 Å². The van der Waals surface area contributed by atoms with Gasteiger partial charge in [0.15, 0.2) is 0 Å². The average molecular weight is 251 g/mol. The quantitative estimate of drug-likeness (QED) is 0.832. The van der Waals surface area contributed by atoms with E-state index in [1.54, 1.807) is 0 Å². The van der Waals surface area contributed by atoms with E-state index in [1.807, 2.05) is 11.3 Å². The summed E-state index contributed by atoms with van der Waals surface area (Å²) < 4.78 is 0. The van der Waals surface area contributed by atoms with Crippen LogP contribution in [0.3, 0.4) is 0 Å². The molecule has 1 unspecified atom stereocenters. The molecule has 0 spiro atoms. The van der Waals surface area contributed by atoms with Crippen LogP contribution in [0.15, 0.2) is 11.4 Å². The monoisotopic (exact) mass is 251 g/mol. The van der Waals surface area contributed by atoms with Gasteiger partial charge in [0.05, 0.1) is 0 Å². The molecule has 1 aliphatic carbocycles. The van der Waals surface area contributed by atoms with Crippen LogP contribution in [0.1, 0.15) is 56.0 Å². The molecule has 1 fully saturated rings. The SMILES string of the molecule is CNC(c1csc(C)c1)C1CCC(C)(C)CC1. The van der Waals surface area contributed by atoms with Gasteiger partial charge in [-0.1, -0.05) is 13.8 Å². The molecule has 1 saturated carbocycles. The summed E-state index contributed by atoms with van der Waals surface area (Å²) in [6, 6.07) is 2.92. The molecule has 0 amide bonds. The second-order valence-electron chi connectivity index (χ2n) is 6.26. The molecular formula is C15H25NS. The van der Waals surface area contributed by atoms with Crippen molar-refractivity contribution in [3.05, 3.63) is 21.9 Å². The van der Waals surface area contributed by atoms with Gasteiger partial charge >= 0.3 is 0 Å². The van der Waals surface area contributed by atoms with Gasteiger partial charge in [-0.15, -0.1) is 11.3 Å². The molecule has 1 N–H and O–H groups in total. The molecule has 96 valence electrons. The highest BCUT2D eigenvalue weighted by Gasteiger charge is 2.31. The van der Waals surface area contributed by atoms with Crippen LogP contribution < -0.4 is 5.32 Å². The van der Waals surface area contributed by atoms with Crippen LogP contribution in [0.4, 0.5) is 0 Å². The number of aryl methyl sites for hydroxylation is 1. The second kappa shape index (κ2) is 5.11. The van der Waals surface area contributed by atoms with Crippen LogP contribution in [-0.2, 0) is 0 Å². The first kappa shape index (κ1) is 13.1. The van der Waals surface area contributed by atoms with Crippen LogP contribution in [0, 0.1) is 18.3 Å². The smallest absolute Gasteiger partial charge is 0.0354 e. The zero-order valence-electron chi connectivity index (χ0n) is 11.5. The standard InChI is InChI=1S/C15H25NS/c1-11-9-13(10-17-11)14(16-4)12-5-7-15(2,3)8-6-12/h9-10,12,14,16H,5-8H2,1-4H3. The van der Waals surface area contributed by atoms with Crippen molar-refractivity contribution in [1.82, 2.24) is 5.32 Å². The molecule has 0 saturated heterocycles. The number of hydrogen-bond donors (Lipinski definition) is 1. The molecule has 2 rings (SSSR count). The van der Waals surface area contributed by atoms with Gasteiger partial charge in [0, 0.05) is 10.9 Å². The predicted octanol–water partition coefficient (Wildman–Crippen LogP) is 4.53. The van der Waals surface area contributed by atoms with Crippen LogP contribution in [-0.4, -0.2) is 7.05 Å². The largest absolute Gasteiger partial charge is 0.313 e. The summed E-state index contributed by atoms with van der Waals surface area (Å²) in [5, 5.41) is 5.87. The van der Waals surface area contributed by atoms with Gasteiger partial charge < -0.3 is 5.32 Å². The Balaban J connectivity index is 2.05. The normalized spacial score (nSPS) is 22.6. The Labute approximate surface area is 110 Å². The Bertz CT molecular complexity index is 357. The Morgan fingerprint density at radius 1 is 1.35 bits per heavy atom. The molecule has 1 aliphatic rings. The predicted molar refractivity (Wildman–Crippen MR) is 76.6 cm³/mol. The molecule has 0 aliphatic heterocycles. The third-order valence-corrected chi connectivity index (χ3v) is 5.16. The van der Waals surface area contributed by atoms with E-state index in [4.69, 9.17) is 0 Å². The van der Waals surface area contributed by atoms with Crippen molar-refractivity contribution in [1.29, 1.82) is 0 Å². The maximum absolute atomic E-state index is 3.54. The van der Waals surface area contributed by atoms with Crippen molar-refractivity contribution in [3.63, 3.8) is 0 Å². The summed E-state index contributed by atoms with van der Waals surface area (Å²) in [4.78, 5) is 1.43. The van der Waals surface area contributed by atoms with E-state index in [0.717, 1.165) is 5.92 Å². The molecule has 1 aromatic rings. The number of hydrogen-bond acceptors (Lipinski definition) is 2. The van der Waals surface area contributed by atoms with E-state index in [1.165, 1.54) is 36.1 Å². The van der Waals surface area contributed by atoms with Gasteiger partial charge in [-0.05, 0) is 68.0 Å². The first-order valence-corrected chi connectivity index (χ1v) is 7.62. The summed E-state index contributed by atoms with van der Waals surface area (Å²) in [5.74, 6) is 0.821. The topological polar surface area (TPSA) is 12.0 Å². The first-order chi connectivity index (χ1) is 8.02. The molecule has 0 radical (unpaired) electrons. The number of thiophene rings is 1. The minimum Gasteiger partial charge on any atom is -0.313 e. The maximum atomic E-state index is 3.54. The lowest BCUT2D eigenvalue weighted by atomic mass is 9.70. The van der Waals surface area contributed by atoms with Gasteiger partial charge in [-0.3, -0.25) is 0 Å². The minimum absolute atomic E-state index is 0.566. The van der Waals surface area contributed by atoms with E-state index in [2.05, 4.69) is 44.6 Å². The fourth-order valence-electron chi connectivity index (χ4n) is 3.06. The van der Waals surface area contributed by atoms with E-state index >= 15 is 0 Å². The highest BCUT2D eigenvalue weighted by atomic mass is 32.1. The zero-order chi connectivity index (χ0) is 12.5. The maximum Gasteiger partial charge on any atom is 0.0354 e. The van der Waals surface area contributed by atoms with Gasteiger partial charge in [-0.2, -0.15) is 0 Å². The minimum atomic E-state index is 0.566. The van der Waals surface area contributed by atoms with Gasteiger partial charge in [-0.25, -0.2) is 0 Å². The first-order valence-electron chi connectivity index (χ1n) is 6.74. The van der Waals surface area contributed by atoms with Gasteiger partial charge in [0.1, 0.15) is 0 Å².